The number of para-hydroxylation sites is 8. The molecule has 0 aliphatic carbocycles. The summed E-state index contributed by atoms with van der Waals surface area (Å²) in [6.45, 7) is 0. The van der Waals surface area contributed by atoms with Gasteiger partial charge in [-0.25, -0.2) is 9.97 Å². The molecule has 0 unspecified atom stereocenters. The molecular formula is C111H90Cl3N11O. The highest BCUT2D eigenvalue weighted by Gasteiger charge is 2.19. The van der Waals surface area contributed by atoms with Gasteiger partial charge in [0.2, 0.25) is 0 Å². The fourth-order valence-corrected chi connectivity index (χ4v) is 15.7. The van der Waals surface area contributed by atoms with Crippen LogP contribution in [0.2, 0.25) is 15.1 Å². The zero-order valence-electron chi connectivity index (χ0n) is 66.3. The molecule has 7 aromatic heterocycles. The van der Waals surface area contributed by atoms with Crippen LogP contribution in [0.3, 0.4) is 0 Å². The van der Waals surface area contributed by atoms with Gasteiger partial charge in [-0.2, -0.15) is 0 Å². The van der Waals surface area contributed by atoms with Crippen molar-refractivity contribution in [1.82, 2.24) is 43.6 Å². The minimum atomic E-state index is 0. The number of aromatic amines is 1. The second kappa shape index (κ2) is 39.5. The van der Waals surface area contributed by atoms with Gasteiger partial charge < -0.3 is 20.6 Å². The molecule has 12 nitrogen and oxygen atoms in total. The van der Waals surface area contributed by atoms with E-state index in [1.165, 1.54) is 71.6 Å². The smallest absolute Gasteiger partial charge is 0.150 e. The number of anilines is 3. The first-order valence-corrected chi connectivity index (χ1v) is 41.2. The first-order valence-electron chi connectivity index (χ1n) is 40.1. The van der Waals surface area contributed by atoms with Crippen LogP contribution in [-0.4, -0.2) is 49.9 Å². The Labute approximate surface area is 749 Å². The van der Waals surface area contributed by atoms with Gasteiger partial charge in [0.1, 0.15) is 17.9 Å². The lowest BCUT2D eigenvalue weighted by atomic mass is 10.0. The lowest BCUT2D eigenvalue weighted by Gasteiger charge is -2.10. The number of fused-ring (bicyclic) bond motifs is 8. The second-order valence-electron chi connectivity index (χ2n) is 29.2. The number of benzene rings is 15. The molecule has 0 aliphatic heterocycles. The van der Waals surface area contributed by atoms with Crippen molar-refractivity contribution in [1.29, 1.82) is 0 Å². The number of aromatic nitrogens is 9. The van der Waals surface area contributed by atoms with E-state index in [-0.39, 0.29) is 23.7 Å². The van der Waals surface area contributed by atoms with Crippen LogP contribution in [0.25, 0.3) is 161 Å². The molecule has 22 aromatic rings. The van der Waals surface area contributed by atoms with Crippen molar-refractivity contribution in [3.63, 3.8) is 0 Å². The number of nitrogen functional groups attached to an aromatic ring is 1. The Balaban J connectivity index is 0.000000133. The Hall–Kier alpha value is -15.6. The van der Waals surface area contributed by atoms with E-state index in [1.807, 2.05) is 219 Å². The van der Waals surface area contributed by atoms with Crippen molar-refractivity contribution in [2.75, 3.05) is 11.1 Å². The first-order chi connectivity index (χ1) is 60.6. The summed E-state index contributed by atoms with van der Waals surface area (Å²) in [6, 6.07) is 134. The number of nitrogens with one attached hydrogen (secondary N) is 2. The first kappa shape index (κ1) is 85.4. The minimum Gasteiger partial charge on any atom is -0.397 e. The fraction of sp³-hybridized carbons (Fsp3) is 0.0270. The Bertz CT molecular complexity index is 7200. The van der Waals surface area contributed by atoms with E-state index >= 15 is 0 Å². The van der Waals surface area contributed by atoms with Crippen molar-refractivity contribution in [2.24, 2.45) is 0 Å². The third-order valence-corrected chi connectivity index (χ3v) is 22.2. The molecule has 15 heteroatoms. The Morgan fingerprint density at radius 1 is 0.294 bits per heavy atom. The average molecular weight is 1700 g/mol. The summed E-state index contributed by atoms with van der Waals surface area (Å²) in [5.41, 5.74) is 35.0. The molecule has 0 amide bonds. The van der Waals surface area contributed by atoms with E-state index in [0.717, 1.165) is 128 Å². The number of carbonyl (C=O) groups is 1. The summed E-state index contributed by atoms with van der Waals surface area (Å²) in [5.74, 6) is 1.81. The number of nitrogens with zero attached hydrogens (tertiary/aromatic N) is 8. The van der Waals surface area contributed by atoms with Gasteiger partial charge in [-0.15, -0.1) is 0 Å². The van der Waals surface area contributed by atoms with E-state index < -0.39 is 0 Å². The summed E-state index contributed by atoms with van der Waals surface area (Å²) in [6.07, 6.45) is 11.6. The van der Waals surface area contributed by atoms with E-state index in [0.29, 0.717) is 5.56 Å². The third kappa shape index (κ3) is 18.9. The van der Waals surface area contributed by atoms with Gasteiger partial charge in [-0.1, -0.05) is 257 Å². The fourth-order valence-electron chi connectivity index (χ4n) is 15.3. The van der Waals surface area contributed by atoms with Crippen LogP contribution >= 0.6 is 34.8 Å². The molecule has 126 heavy (non-hydrogen) atoms. The summed E-state index contributed by atoms with van der Waals surface area (Å²) in [7, 11) is 0. The molecule has 7 heterocycles. The number of halogens is 3. The van der Waals surface area contributed by atoms with Crippen molar-refractivity contribution in [3.05, 3.63) is 452 Å². The van der Waals surface area contributed by atoms with Crippen molar-refractivity contribution in [2.45, 2.75) is 22.3 Å². The predicted molar refractivity (Wildman–Crippen MR) is 533 cm³/mol. The number of H-pyrrole nitrogens is 1. The molecule has 15 aromatic carbocycles. The molecule has 0 bridgehead atoms. The maximum atomic E-state index is 10.4. The highest BCUT2D eigenvalue weighted by atomic mass is 35.5. The van der Waals surface area contributed by atoms with E-state index in [4.69, 9.17) is 50.5 Å². The summed E-state index contributed by atoms with van der Waals surface area (Å²) in [4.78, 5) is 35.9. The molecule has 0 saturated carbocycles. The van der Waals surface area contributed by atoms with Crippen LogP contribution < -0.4 is 11.1 Å². The Kier molecular flexibility index (Phi) is 26.8. The van der Waals surface area contributed by atoms with Gasteiger partial charge in [-0.05, 0) is 250 Å². The molecule has 0 radical (unpaired) electrons. The summed E-state index contributed by atoms with van der Waals surface area (Å²) in [5, 5.41) is 10.4. The second-order valence-corrected chi connectivity index (χ2v) is 30.5. The quantitative estimate of drug-likeness (QED) is 0.0763. The van der Waals surface area contributed by atoms with E-state index in [2.05, 4.69) is 239 Å². The highest BCUT2D eigenvalue weighted by Crippen LogP contribution is 2.39. The van der Waals surface area contributed by atoms with Crippen molar-refractivity contribution in [3.8, 4) is 95.5 Å². The largest absolute Gasteiger partial charge is 0.397 e. The van der Waals surface area contributed by atoms with Gasteiger partial charge in [0.25, 0.3) is 0 Å². The molecule has 0 saturated heterocycles. The van der Waals surface area contributed by atoms with Crippen LogP contribution in [0.15, 0.2) is 431 Å². The molecule has 0 spiro atoms. The SMILES string of the molecule is C.C.C.Clc1ccc(-n2c(-c3ccc(-c4ccncc4)cc3)nc3ccccc32)cc1.Clc1ccc(-n2c(-c3ccc(-c4ccncc4)cc3)nc3ccccc32)cc1.Nc1ccccc1Nc1ccc(Cl)cc1.O=Cc1ccc(-c2ccncc2)cc1.[2HH].c1ccc(-c2ccc(-n3c4ccccc4c4cc(-c5ccc6[nH]c7ccccc7c6c5)ccc43)cc2)cc1. The normalized spacial score (nSPS) is 10.7. The van der Waals surface area contributed by atoms with Gasteiger partial charge in [-0.3, -0.25) is 28.9 Å². The number of hydrogen-bond acceptors (Lipinski definition) is 8. The van der Waals surface area contributed by atoms with Crippen molar-refractivity contribution >= 4 is 124 Å². The van der Waals surface area contributed by atoms with Gasteiger partial charge in [0.15, 0.2) is 0 Å². The van der Waals surface area contributed by atoms with Crippen LogP contribution in [0.5, 0.6) is 0 Å². The van der Waals surface area contributed by atoms with Gasteiger partial charge >= 0.3 is 0 Å². The molecule has 4 N–H and O–H groups in total. The summed E-state index contributed by atoms with van der Waals surface area (Å²) >= 11 is 18.0. The minimum absolute atomic E-state index is 0. The monoisotopic (exact) mass is 1700 g/mol. The number of nitrogens with two attached hydrogens (primary N) is 1. The number of hydrogen-bond donors (Lipinski definition) is 3. The maximum Gasteiger partial charge on any atom is 0.150 e. The molecule has 0 aliphatic rings. The Morgan fingerprint density at radius 3 is 1.14 bits per heavy atom. The number of imidazole rings is 2. The molecule has 0 atom stereocenters. The number of rotatable bonds is 13. The van der Waals surface area contributed by atoms with Crippen LogP contribution in [0.1, 0.15) is 34.1 Å². The van der Waals surface area contributed by atoms with Crippen LogP contribution in [0, 0.1) is 0 Å². The highest BCUT2D eigenvalue weighted by molar-refractivity contribution is 6.31. The lowest BCUT2D eigenvalue weighted by Crippen LogP contribution is -1.97. The van der Waals surface area contributed by atoms with Gasteiger partial charge in [0.05, 0.1) is 44.5 Å². The lowest BCUT2D eigenvalue weighted by molar-refractivity contribution is 0.112. The Morgan fingerprint density at radius 2 is 0.643 bits per heavy atom. The standard InChI is InChI=1S/C36H24N2.2C24H16ClN3.C12H11ClN2.C12H9NO.3CH4.H2/c1-2-8-24(9-3-1)25-14-18-28(19-15-25)38-35-13-7-5-11-30(35)32-23-27(17-21-36(32)38)26-16-20-34-31(22-26)29-10-4-6-12-33(29)37-34;2*25-20-9-11-21(12-10-20)28-23-4-2-1-3-22(23)27-24(28)19-7-5-17(6-8-19)18-13-15-26-16-14-18;13-9-5-7-10(8-6-9)15-12-4-2-1-3-11(12)14;14-9-10-1-3-11(4-2-10)12-5-7-13-8-6-12;;;;/h1-23,37H;2*1-16H;1-8,15H,14H2;1-9H;3*1H4;1H/i;;;;;;;;1+1. The van der Waals surface area contributed by atoms with Crippen molar-refractivity contribution < 1.29 is 6.22 Å². The third-order valence-electron chi connectivity index (χ3n) is 21.5. The van der Waals surface area contributed by atoms with Crippen LogP contribution in [-0.2, 0) is 0 Å². The predicted octanol–water partition coefficient (Wildman–Crippen LogP) is 30.9. The zero-order chi connectivity index (χ0) is 83.4. The van der Waals surface area contributed by atoms with E-state index in [1.54, 1.807) is 12.4 Å². The maximum absolute atomic E-state index is 10.4. The number of pyridine rings is 3. The molecule has 0 fully saturated rings. The average Bonchev–Trinajstić information content (AvgIpc) is 1.59. The zero-order valence-corrected chi connectivity index (χ0v) is 68.5. The molecule has 22 rings (SSSR count). The number of carbonyl (C=O) groups excluding carboxylic acids is 1. The molecular weight excluding hydrogens is 1610 g/mol. The van der Waals surface area contributed by atoms with E-state index in [9.17, 15) is 4.79 Å². The topological polar surface area (TPSA) is 150 Å². The summed E-state index contributed by atoms with van der Waals surface area (Å²) < 4.78 is 6.73. The number of aldehydes is 1. The van der Waals surface area contributed by atoms with Gasteiger partial charge in [0, 0.05) is 126 Å². The molecule has 616 valence electrons. The van der Waals surface area contributed by atoms with Crippen LogP contribution in [0.4, 0.5) is 17.1 Å².